The molecule has 2 unspecified atom stereocenters. The summed E-state index contributed by atoms with van der Waals surface area (Å²) < 4.78 is 0. The summed E-state index contributed by atoms with van der Waals surface area (Å²) in [5.74, 6) is -0.158. The molecular formula is C13H19N5O. The summed E-state index contributed by atoms with van der Waals surface area (Å²) in [4.78, 5) is 14.0. The number of nitrogens with one attached hydrogen (secondary N) is 1. The lowest BCUT2D eigenvalue weighted by molar-refractivity contribution is -0.120. The molecule has 0 bridgehead atoms. The topological polar surface area (TPSA) is 104 Å². The highest BCUT2D eigenvalue weighted by atomic mass is 16.1. The molecule has 1 aromatic carbocycles. The summed E-state index contributed by atoms with van der Waals surface area (Å²) in [6, 6.07) is 9.55. The van der Waals surface area contributed by atoms with Crippen LogP contribution >= 0.6 is 0 Å². The van der Waals surface area contributed by atoms with E-state index < -0.39 is 6.04 Å². The molecule has 0 spiro atoms. The molecule has 0 saturated carbocycles. The first kappa shape index (κ1) is 15.0. The van der Waals surface area contributed by atoms with Gasteiger partial charge in [-0.15, -0.1) is 0 Å². The molecule has 6 nitrogen and oxygen atoms in total. The fraction of sp³-hybridized carbons (Fsp3) is 0.462. The summed E-state index contributed by atoms with van der Waals surface area (Å²) in [7, 11) is 0. The van der Waals surface area contributed by atoms with Crippen molar-refractivity contribution in [2.75, 3.05) is 13.1 Å². The van der Waals surface area contributed by atoms with Gasteiger partial charge in [0.25, 0.3) is 0 Å². The Balaban J connectivity index is 2.53. The van der Waals surface area contributed by atoms with Crippen LogP contribution < -0.4 is 11.1 Å². The third kappa shape index (κ3) is 5.42. The van der Waals surface area contributed by atoms with Crippen LogP contribution in [0.5, 0.6) is 0 Å². The molecule has 102 valence electrons. The highest BCUT2D eigenvalue weighted by molar-refractivity contribution is 5.79. The number of hydrogen-bond donors (Lipinski definition) is 2. The monoisotopic (exact) mass is 261 g/mol. The first-order valence-electron chi connectivity index (χ1n) is 6.23. The number of carbonyl (C=O) groups excluding carboxylic acids is 1. The van der Waals surface area contributed by atoms with Crippen molar-refractivity contribution in [1.82, 2.24) is 5.32 Å². The zero-order valence-electron chi connectivity index (χ0n) is 11.0. The van der Waals surface area contributed by atoms with E-state index in [4.69, 9.17) is 11.3 Å². The Morgan fingerprint density at radius 1 is 1.47 bits per heavy atom. The number of carbonyl (C=O) groups is 1. The van der Waals surface area contributed by atoms with Crippen LogP contribution in [0.2, 0.25) is 0 Å². The van der Waals surface area contributed by atoms with Crippen molar-refractivity contribution in [2.24, 2.45) is 10.8 Å². The zero-order chi connectivity index (χ0) is 14.1. The lowest BCUT2D eigenvalue weighted by Gasteiger charge is -2.19. The van der Waals surface area contributed by atoms with Crippen molar-refractivity contribution < 1.29 is 4.79 Å². The maximum atomic E-state index is 11.4. The highest BCUT2D eigenvalue weighted by Gasteiger charge is 2.18. The van der Waals surface area contributed by atoms with Gasteiger partial charge in [0.2, 0.25) is 5.91 Å². The van der Waals surface area contributed by atoms with Crippen molar-refractivity contribution in [3.05, 3.63) is 46.3 Å². The maximum absolute atomic E-state index is 11.4. The number of nitrogens with two attached hydrogens (primary N) is 1. The van der Waals surface area contributed by atoms with E-state index in [1.165, 1.54) is 5.56 Å². The lowest BCUT2D eigenvalue weighted by atomic mass is 9.93. The van der Waals surface area contributed by atoms with Gasteiger partial charge in [0.15, 0.2) is 0 Å². The van der Waals surface area contributed by atoms with Gasteiger partial charge >= 0.3 is 0 Å². The molecule has 0 aliphatic heterocycles. The molecule has 0 fully saturated rings. The van der Waals surface area contributed by atoms with Crippen molar-refractivity contribution >= 4 is 5.91 Å². The molecule has 0 saturated heterocycles. The first-order valence-corrected chi connectivity index (χ1v) is 6.23. The molecule has 1 amide bonds. The molecular weight excluding hydrogens is 242 g/mol. The Morgan fingerprint density at radius 3 is 2.74 bits per heavy atom. The molecule has 2 atom stereocenters. The number of benzene rings is 1. The average molecular weight is 261 g/mol. The smallest absolute Gasteiger partial charge is 0.234 e. The van der Waals surface area contributed by atoms with Gasteiger partial charge in [0, 0.05) is 18.0 Å². The van der Waals surface area contributed by atoms with E-state index >= 15 is 0 Å². The van der Waals surface area contributed by atoms with E-state index in [9.17, 15) is 4.79 Å². The van der Waals surface area contributed by atoms with E-state index in [1.807, 2.05) is 30.3 Å². The van der Waals surface area contributed by atoms with Gasteiger partial charge in [0.05, 0.1) is 6.04 Å². The summed E-state index contributed by atoms with van der Waals surface area (Å²) in [5.41, 5.74) is 14.7. The quantitative estimate of drug-likeness (QED) is 0.323. The van der Waals surface area contributed by atoms with E-state index in [0.717, 1.165) is 0 Å². The number of hydrogen-bond acceptors (Lipinski definition) is 3. The molecule has 0 heterocycles. The molecule has 0 aromatic heterocycles. The molecule has 1 aromatic rings. The summed E-state index contributed by atoms with van der Waals surface area (Å²) >= 11 is 0. The second-order valence-corrected chi connectivity index (χ2v) is 4.41. The van der Waals surface area contributed by atoms with Crippen LogP contribution in [0.25, 0.3) is 10.4 Å². The molecule has 0 aliphatic rings. The Morgan fingerprint density at radius 2 is 2.16 bits per heavy atom. The van der Waals surface area contributed by atoms with E-state index in [1.54, 1.807) is 0 Å². The third-order valence-corrected chi connectivity index (χ3v) is 2.97. The predicted octanol–water partition coefficient (Wildman–Crippen LogP) is 1.93. The fourth-order valence-corrected chi connectivity index (χ4v) is 1.90. The number of nitrogens with zero attached hydrogens (tertiary/aromatic N) is 3. The van der Waals surface area contributed by atoms with Gasteiger partial charge in [-0.2, -0.15) is 0 Å². The van der Waals surface area contributed by atoms with Crippen LogP contribution in [0.4, 0.5) is 0 Å². The SMILES string of the molecule is CC(CC(NCCN=[N+]=[N-])C(N)=O)c1ccccc1. The largest absolute Gasteiger partial charge is 0.368 e. The normalized spacial score (nSPS) is 13.3. The van der Waals surface area contributed by atoms with E-state index in [-0.39, 0.29) is 11.8 Å². The average Bonchev–Trinajstić information content (AvgIpc) is 2.42. The Hall–Kier alpha value is -2.04. The molecule has 1 rings (SSSR count). The fourth-order valence-electron chi connectivity index (χ4n) is 1.90. The Labute approximate surface area is 112 Å². The lowest BCUT2D eigenvalue weighted by Crippen LogP contribution is -2.43. The molecule has 19 heavy (non-hydrogen) atoms. The van der Waals surface area contributed by atoms with Crippen LogP contribution in [0.15, 0.2) is 35.4 Å². The van der Waals surface area contributed by atoms with Crippen molar-refractivity contribution in [2.45, 2.75) is 25.3 Å². The third-order valence-electron chi connectivity index (χ3n) is 2.97. The van der Waals surface area contributed by atoms with Gasteiger partial charge in [-0.1, -0.05) is 42.4 Å². The van der Waals surface area contributed by atoms with Gasteiger partial charge in [0.1, 0.15) is 0 Å². The summed E-state index contributed by atoms with van der Waals surface area (Å²) in [5, 5.41) is 6.42. The predicted molar refractivity (Wildman–Crippen MR) is 74.5 cm³/mol. The number of azide groups is 1. The van der Waals surface area contributed by atoms with Crippen LogP contribution in [-0.4, -0.2) is 25.0 Å². The standard InChI is InChI=1S/C13H19N5O/c1-10(11-5-3-2-4-6-11)9-12(13(14)19)16-7-8-17-18-15/h2-6,10,12,16H,7-9H2,1H3,(H2,14,19). The highest BCUT2D eigenvalue weighted by Crippen LogP contribution is 2.20. The number of primary amides is 1. The molecule has 0 radical (unpaired) electrons. The van der Waals surface area contributed by atoms with E-state index in [2.05, 4.69) is 22.3 Å². The second kappa shape index (κ2) is 8.13. The first-order chi connectivity index (χ1) is 9.15. The number of amides is 1. The van der Waals surface area contributed by atoms with Crippen molar-refractivity contribution in [3.63, 3.8) is 0 Å². The molecule has 3 N–H and O–H groups in total. The zero-order valence-corrected chi connectivity index (χ0v) is 11.0. The summed E-state index contributed by atoms with van der Waals surface area (Å²) in [6.45, 7) is 2.81. The Kier molecular flexibility index (Phi) is 6.43. The maximum Gasteiger partial charge on any atom is 0.234 e. The van der Waals surface area contributed by atoms with Crippen LogP contribution in [0.3, 0.4) is 0 Å². The van der Waals surface area contributed by atoms with Gasteiger partial charge in [-0.05, 0) is 23.4 Å². The van der Waals surface area contributed by atoms with Crippen LogP contribution in [0.1, 0.15) is 24.8 Å². The van der Waals surface area contributed by atoms with Gasteiger partial charge in [-0.3, -0.25) is 4.79 Å². The minimum absolute atomic E-state index is 0.227. The van der Waals surface area contributed by atoms with Crippen LogP contribution in [0, 0.1) is 0 Å². The minimum atomic E-state index is -0.413. The molecule has 0 aliphatic carbocycles. The van der Waals surface area contributed by atoms with Crippen LogP contribution in [-0.2, 0) is 4.79 Å². The molecule has 6 heteroatoms. The van der Waals surface area contributed by atoms with Gasteiger partial charge < -0.3 is 11.1 Å². The minimum Gasteiger partial charge on any atom is -0.368 e. The van der Waals surface area contributed by atoms with Gasteiger partial charge in [-0.25, -0.2) is 0 Å². The second-order valence-electron chi connectivity index (χ2n) is 4.41. The van der Waals surface area contributed by atoms with Crippen molar-refractivity contribution in [3.8, 4) is 0 Å². The number of rotatable bonds is 8. The Bertz CT molecular complexity index is 442. The van der Waals surface area contributed by atoms with E-state index in [0.29, 0.717) is 19.5 Å². The van der Waals surface area contributed by atoms with Crippen molar-refractivity contribution in [1.29, 1.82) is 0 Å². The summed E-state index contributed by atoms with van der Waals surface area (Å²) in [6.07, 6.45) is 0.621.